The summed E-state index contributed by atoms with van der Waals surface area (Å²) in [7, 11) is 3.61. The Morgan fingerprint density at radius 1 is 1.26 bits per heavy atom. The van der Waals surface area contributed by atoms with E-state index in [1.165, 1.54) is 13.2 Å². The average molecular weight is 485 g/mol. The van der Waals surface area contributed by atoms with Crippen molar-refractivity contribution >= 4 is 11.8 Å². The predicted molar refractivity (Wildman–Crippen MR) is 127 cm³/mol. The van der Waals surface area contributed by atoms with Gasteiger partial charge in [0.05, 0.1) is 19.0 Å². The number of methoxy groups -OCH3 is 1. The maximum Gasteiger partial charge on any atom is 0.274 e. The van der Waals surface area contributed by atoms with E-state index < -0.39 is 5.82 Å². The van der Waals surface area contributed by atoms with Gasteiger partial charge in [-0.05, 0) is 64.0 Å². The van der Waals surface area contributed by atoms with Gasteiger partial charge in [0.25, 0.3) is 5.91 Å². The number of primary amides is 1. The first kappa shape index (κ1) is 23.7. The Morgan fingerprint density at radius 2 is 2.06 bits per heavy atom. The summed E-state index contributed by atoms with van der Waals surface area (Å²) in [6.07, 6.45) is 5.36. The van der Waals surface area contributed by atoms with Gasteiger partial charge in [0.1, 0.15) is 0 Å². The van der Waals surface area contributed by atoms with Gasteiger partial charge in [0.2, 0.25) is 11.8 Å². The van der Waals surface area contributed by atoms with Crippen LogP contribution in [0, 0.1) is 23.6 Å². The second-order valence-corrected chi connectivity index (χ2v) is 10.5. The van der Waals surface area contributed by atoms with E-state index in [1.54, 1.807) is 6.07 Å². The number of nitrogens with one attached hydrogen (secondary N) is 1. The number of aromatic nitrogens is 3. The van der Waals surface area contributed by atoms with Crippen LogP contribution in [0.1, 0.15) is 49.5 Å². The van der Waals surface area contributed by atoms with E-state index in [-0.39, 0.29) is 40.4 Å². The molecule has 2 saturated heterocycles. The lowest BCUT2D eigenvalue weighted by atomic mass is 9.82. The quantitative estimate of drug-likeness (QED) is 0.673. The Morgan fingerprint density at radius 3 is 2.77 bits per heavy atom. The van der Waals surface area contributed by atoms with Gasteiger partial charge in [0.15, 0.2) is 11.5 Å². The van der Waals surface area contributed by atoms with Gasteiger partial charge >= 0.3 is 0 Å². The summed E-state index contributed by atoms with van der Waals surface area (Å²) in [5.74, 6) is -0.167. The molecule has 5 atom stereocenters. The Kier molecular flexibility index (Phi) is 6.03. The average Bonchev–Trinajstić information content (AvgIpc) is 3.32. The molecule has 1 saturated carbocycles. The highest BCUT2D eigenvalue weighted by atomic mass is 19.1. The molecule has 0 radical (unpaired) electrons. The first-order valence-electron chi connectivity index (χ1n) is 12.3. The SMILES string of the molecule is COc1cc(-c2cc(C(=O)N3CCC(C(N)=O)CC34CC4[C@@H]3CC[C@H](C)N(C)C3)n[nH]2)c(F)cn1. The van der Waals surface area contributed by atoms with Crippen molar-refractivity contribution in [1.29, 1.82) is 0 Å². The highest BCUT2D eigenvalue weighted by molar-refractivity contribution is 5.94. The molecule has 10 heteroatoms. The van der Waals surface area contributed by atoms with Crippen LogP contribution in [0.5, 0.6) is 5.88 Å². The second-order valence-electron chi connectivity index (χ2n) is 10.5. The van der Waals surface area contributed by atoms with Crippen LogP contribution in [0.3, 0.4) is 0 Å². The Bertz CT molecular complexity index is 1140. The summed E-state index contributed by atoms with van der Waals surface area (Å²) in [5.41, 5.74) is 6.17. The van der Waals surface area contributed by atoms with Crippen molar-refractivity contribution in [3.63, 3.8) is 0 Å². The second kappa shape index (κ2) is 8.89. The van der Waals surface area contributed by atoms with Crippen LogP contribution < -0.4 is 10.5 Å². The number of halogens is 1. The molecule has 1 aliphatic carbocycles. The third-order valence-electron chi connectivity index (χ3n) is 8.52. The van der Waals surface area contributed by atoms with Gasteiger partial charge in [-0.3, -0.25) is 14.7 Å². The number of hydrogen-bond acceptors (Lipinski definition) is 6. The van der Waals surface area contributed by atoms with Crippen molar-refractivity contribution in [2.75, 3.05) is 27.2 Å². The Balaban J connectivity index is 1.40. The van der Waals surface area contributed by atoms with Crippen LogP contribution in [0.2, 0.25) is 0 Å². The molecule has 1 spiro atoms. The monoisotopic (exact) mass is 484 g/mol. The van der Waals surface area contributed by atoms with Crippen LogP contribution in [-0.4, -0.2) is 75.6 Å². The smallest absolute Gasteiger partial charge is 0.274 e. The molecule has 4 heterocycles. The van der Waals surface area contributed by atoms with Crippen molar-refractivity contribution in [3.05, 3.63) is 29.8 Å². The van der Waals surface area contributed by atoms with Crippen molar-refractivity contribution in [2.45, 2.75) is 50.6 Å². The zero-order valence-electron chi connectivity index (χ0n) is 20.5. The predicted octanol–water partition coefficient (Wildman–Crippen LogP) is 2.45. The number of amides is 2. The number of piperidine rings is 2. The number of H-pyrrole nitrogens is 1. The summed E-state index contributed by atoms with van der Waals surface area (Å²) >= 11 is 0. The summed E-state index contributed by atoms with van der Waals surface area (Å²) in [5, 5.41) is 7.02. The van der Waals surface area contributed by atoms with Crippen molar-refractivity contribution in [1.82, 2.24) is 25.0 Å². The molecule has 2 aliphatic heterocycles. The summed E-state index contributed by atoms with van der Waals surface area (Å²) in [6, 6.07) is 3.59. The van der Waals surface area contributed by atoms with Crippen LogP contribution in [-0.2, 0) is 4.79 Å². The number of ether oxygens (including phenoxy) is 1. The summed E-state index contributed by atoms with van der Waals surface area (Å²) < 4.78 is 19.5. The highest BCUT2D eigenvalue weighted by Crippen LogP contribution is 2.60. The largest absolute Gasteiger partial charge is 0.481 e. The zero-order valence-corrected chi connectivity index (χ0v) is 20.5. The minimum atomic E-state index is -0.537. The maximum absolute atomic E-state index is 14.4. The minimum Gasteiger partial charge on any atom is -0.481 e. The number of pyridine rings is 1. The normalized spacial score (nSPS) is 30.9. The van der Waals surface area contributed by atoms with E-state index in [2.05, 4.69) is 34.1 Å². The standard InChI is InChI=1S/C25H33FN6O3/c1-14-4-5-16(13-31(14)2)18-11-25(18)10-15(23(27)33)6-7-32(25)24(34)21-9-20(29-30-21)17-8-22(35-3)28-12-19(17)26/h8-9,12,14-16,18H,4-7,10-11,13H2,1-3H3,(H2,27,33)(H,29,30)/t14-,15?,16+,18?,25?/m0/s1. The fourth-order valence-corrected chi connectivity index (χ4v) is 6.26. The number of carbonyl (C=O) groups is 2. The van der Waals surface area contributed by atoms with Gasteiger partial charge in [-0.2, -0.15) is 5.10 Å². The summed E-state index contributed by atoms with van der Waals surface area (Å²) in [6.45, 7) is 3.70. The van der Waals surface area contributed by atoms with Crippen LogP contribution in [0.4, 0.5) is 4.39 Å². The van der Waals surface area contributed by atoms with Gasteiger partial charge in [0, 0.05) is 42.2 Å². The number of carbonyl (C=O) groups excluding carboxylic acids is 2. The molecule has 0 bridgehead atoms. The Labute approximate surface area is 204 Å². The third-order valence-corrected chi connectivity index (χ3v) is 8.52. The molecule has 0 aromatic carbocycles. The van der Waals surface area contributed by atoms with Crippen LogP contribution in [0.15, 0.2) is 18.3 Å². The lowest BCUT2D eigenvalue weighted by Crippen LogP contribution is -2.52. The Hall–Kier alpha value is -3.01. The molecule has 3 N–H and O–H groups in total. The lowest BCUT2D eigenvalue weighted by Gasteiger charge is -2.42. The first-order chi connectivity index (χ1) is 16.7. The fraction of sp³-hybridized carbons (Fsp3) is 0.600. The van der Waals surface area contributed by atoms with Crippen LogP contribution in [0.25, 0.3) is 11.3 Å². The van der Waals surface area contributed by atoms with E-state index in [0.717, 1.165) is 32.0 Å². The summed E-state index contributed by atoms with van der Waals surface area (Å²) in [4.78, 5) is 34.0. The van der Waals surface area contributed by atoms with Crippen molar-refractivity contribution in [2.24, 2.45) is 23.5 Å². The van der Waals surface area contributed by atoms with Crippen LogP contribution >= 0.6 is 0 Å². The molecule has 2 aromatic rings. The topological polar surface area (TPSA) is 117 Å². The molecule has 35 heavy (non-hydrogen) atoms. The maximum atomic E-state index is 14.4. The molecule has 5 rings (SSSR count). The molecule has 3 unspecified atom stereocenters. The van der Waals surface area contributed by atoms with E-state index in [4.69, 9.17) is 10.5 Å². The molecular formula is C25H33FN6O3. The first-order valence-corrected chi connectivity index (χ1v) is 12.3. The van der Waals surface area contributed by atoms with Gasteiger partial charge in [-0.1, -0.05) is 0 Å². The number of likely N-dealkylation sites (tertiary alicyclic amines) is 2. The number of rotatable bonds is 5. The van der Waals surface area contributed by atoms with Gasteiger partial charge in [-0.15, -0.1) is 0 Å². The highest BCUT2D eigenvalue weighted by Gasteiger charge is 2.64. The number of aromatic amines is 1. The van der Waals surface area contributed by atoms with Crippen molar-refractivity contribution < 1.29 is 18.7 Å². The van der Waals surface area contributed by atoms with Crippen molar-refractivity contribution in [3.8, 4) is 17.1 Å². The molecule has 9 nitrogen and oxygen atoms in total. The third kappa shape index (κ3) is 4.17. The van der Waals surface area contributed by atoms with Gasteiger partial charge < -0.3 is 20.3 Å². The van der Waals surface area contributed by atoms with E-state index >= 15 is 0 Å². The van der Waals surface area contributed by atoms with E-state index in [9.17, 15) is 14.0 Å². The van der Waals surface area contributed by atoms with Gasteiger partial charge in [-0.25, -0.2) is 9.37 Å². The molecule has 3 fully saturated rings. The number of nitrogens with zero attached hydrogens (tertiary/aromatic N) is 4. The fourth-order valence-electron chi connectivity index (χ4n) is 6.26. The molecule has 188 valence electrons. The number of nitrogens with two attached hydrogens (primary N) is 1. The van der Waals surface area contributed by atoms with E-state index in [0.29, 0.717) is 43.0 Å². The minimum absolute atomic E-state index is 0.197. The molecule has 2 aromatic heterocycles. The van der Waals surface area contributed by atoms with E-state index in [1.807, 2.05) is 4.90 Å². The number of hydrogen-bond donors (Lipinski definition) is 2. The molecular weight excluding hydrogens is 451 g/mol. The molecule has 3 aliphatic rings. The lowest BCUT2D eigenvalue weighted by molar-refractivity contribution is -0.124. The zero-order chi connectivity index (χ0) is 24.9. The molecule has 2 amide bonds.